The molecule has 0 N–H and O–H groups in total. The molecule has 2 aromatic carbocycles. The van der Waals surface area contributed by atoms with Crippen LogP contribution in [-0.2, 0) is 10.0 Å². The lowest BCUT2D eigenvalue weighted by Gasteiger charge is -2.18. The SMILES string of the molecule is CN(CCOc1c(Cl)cccc1Cl)S(=O)(=O)c1ccc(F)cc1. The first kappa shape index (κ1) is 18.0. The largest absolute Gasteiger partial charge is 0.489 e. The fourth-order valence-electron chi connectivity index (χ4n) is 1.80. The van der Waals surface area contributed by atoms with Crippen LogP contribution in [0.25, 0.3) is 0 Å². The second-order valence-electron chi connectivity index (χ2n) is 4.68. The number of sulfonamides is 1. The van der Waals surface area contributed by atoms with E-state index in [1.807, 2.05) is 0 Å². The van der Waals surface area contributed by atoms with Gasteiger partial charge in [-0.05, 0) is 36.4 Å². The highest BCUT2D eigenvalue weighted by Gasteiger charge is 2.20. The zero-order valence-electron chi connectivity index (χ0n) is 12.2. The Morgan fingerprint density at radius 1 is 1.09 bits per heavy atom. The number of ether oxygens (including phenoxy) is 1. The summed E-state index contributed by atoms with van der Waals surface area (Å²) in [5.41, 5.74) is 0. The van der Waals surface area contributed by atoms with Crippen LogP contribution in [0.1, 0.15) is 0 Å². The highest BCUT2D eigenvalue weighted by Crippen LogP contribution is 2.32. The van der Waals surface area contributed by atoms with Crippen molar-refractivity contribution in [2.24, 2.45) is 0 Å². The molecule has 0 spiro atoms. The van der Waals surface area contributed by atoms with Crippen molar-refractivity contribution in [1.29, 1.82) is 0 Å². The number of likely N-dealkylation sites (N-methyl/N-ethyl adjacent to an activating group) is 1. The zero-order valence-corrected chi connectivity index (χ0v) is 14.5. The molecular weight excluding hydrogens is 364 g/mol. The monoisotopic (exact) mass is 377 g/mol. The van der Waals surface area contributed by atoms with Crippen LogP contribution in [0.2, 0.25) is 10.0 Å². The summed E-state index contributed by atoms with van der Waals surface area (Å²) in [6.45, 7) is 0.154. The Hall–Kier alpha value is -1.34. The Labute approximate surface area is 144 Å². The molecule has 0 aliphatic carbocycles. The van der Waals surface area contributed by atoms with Gasteiger partial charge in [0.2, 0.25) is 10.0 Å². The number of halogens is 3. The maximum atomic E-state index is 12.9. The third-order valence-corrected chi connectivity index (χ3v) is 5.56. The molecule has 0 unspecified atom stereocenters. The van der Waals surface area contributed by atoms with Crippen molar-refractivity contribution in [1.82, 2.24) is 4.31 Å². The standard InChI is InChI=1S/C15H14Cl2FNO3S/c1-19(23(20,21)12-7-5-11(18)6-8-12)9-10-22-15-13(16)3-2-4-14(15)17/h2-8H,9-10H2,1H3. The fourth-order valence-corrected chi connectivity index (χ4v) is 3.46. The number of benzene rings is 2. The second kappa shape index (κ2) is 7.49. The summed E-state index contributed by atoms with van der Waals surface area (Å²) in [5.74, 6) is -0.188. The fraction of sp³-hybridized carbons (Fsp3) is 0.200. The van der Waals surface area contributed by atoms with Gasteiger partial charge in [-0.1, -0.05) is 29.3 Å². The topological polar surface area (TPSA) is 46.6 Å². The van der Waals surface area contributed by atoms with E-state index in [0.29, 0.717) is 15.8 Å². The van der Waals surface area contributed by atoms with Gasteiger partial charge >= 0.3 is 0 Å². The molecule has 0 amide bonds. The van der Waals surface area contributed by atoms with Crippen LogP contribution in [0, 0.1) is 5.82 Å². The molecule has 0 aliphatic rings. The van der Waals surface area contributed by atoms with Crippen molar-refractivity contribution < 1.29 is 17.5 Å². The Bertz CT molecular complexity index is 762. The van der Waals surface area contributed by atoms with Crippen molar-refractivity contribution in [3.05, 3.63) is 58.3 Å². The molecule has 0 radical (unpaired) electrons. The minimum Gasteiger partial charge on any atom is -0.489 e. The van der Waals surface area contributed by atoms with Crippen molar-refractivity contribution >= 4 is 33.2 Å². The van der Waals surface area contributed by atoms with Crippen molar-refractivity contribution in [2.45, 2.75) is 4.90 Å². The summed E-state index contributed by atoms with van der Waals surface area (Å²) in [6.07, 6.45) is 0. The van der Waals surface area contributed by atoms with Crippen LogP contribution in [0.5, 0.6) is 5.75 Å². The Balaban J connectivity index is 2.02. The summed E-state index contributed by atoms with van der Waals surface area (Å²) < 4.78 is 44.1. The van der Waals surface area contributed by atoms with Crippen LogP contribution in [0.15, 0.2) is 47.4 Å². The molecule has 2 rings (SSSR count). The quantitative estimate of drug-likeness (QED) is 0.768. The van der Waals surface area contributed by atoms with E-state index in [-0.39, 0.29) is 18.0 Å². The van der Waals surface area contributed by atoms with E-state index < -0.39 is 15.8 Å². The van der Waals surface area contributed by atoms with E-state index in [0.717, 1.165) is 16.4 Å². The molecule has 0 saturated heterocycles. The van der Waals surface area contributed by atoms with Crippen molar-refractivity contribution in [3.63, 3.8) is 0 Å². The first-order chi connectivity index (χ1) is 10.8. The lowest BCUT2D eigenvalue weighted by Crippen LogP contribution is -2.31. The van der Waals surface area contributed by atoms with Crippen LogP contribution in [-0.4, -0.2) is 32.9 Å². The predicted octanol–water partition coefficient (Wildman–Crippen LogP) is 3.83. The average Bonchev–Trinajstić information content (AvgIpc) is 2.50. The van der Waals surface area contributed by atoms with Gasteiger partial charge in [-0.3, -0.25) is 0 Å². The molecule has 8 heteroatoms. The summed E-state index contributed by atoms with van der Waals surface area (Å²) >= 11 is 11.9. The summed E-state index contributed by atoms with van der Waals surface area (Å²) in [7, 11) is -2.30. The first-order valence-corrected chi connectivity index (χ1v) is 8.80. The maximum absolute atomic E-state index is 12.9. The van der Waals surface area contributed by atoms with Gasteiger partial charge in [-0.15, -0.1) is 0 Å². The third-order valence-electron chi connectivity index (χ3n) is 3.09. The highest BCUT2D eigenvalue weighted by atomic mass is 35.5. The summed E-state index contributed by atoms with van der Waals surface area (Å²) in [5, 5.41) is 0.697. The van der Waals surface area contributed by atoms with Gasteiger partial charge in [0.05, 0.1) is 14.9 Å². The molecule has 0 aliphatic heterocycles. The smallest absolute Gasteiger partial charge is 0.242 e. The molecule has 0 atom stereocenters. The van der Waals surface area contributed by atoms with Gasteiger partial charge in [0.25, 0.3) is 0 Å². The van der Waals surface area contributed by atoms with E-state index in [1.54, 1.807) is 18.2 Å². The average molecular weight is 378 g/mol. The van der Waals surface area contributed by atoms with Gasteiger partial charge in [0, 0.05) is 13.6 Å². The molecule has 0 saturated carbocycles. The molecule has 0 bridgehead atoms. The third kappa shape index (κ3) is 4.35. The number of para-hydroxylation sites is 1. The minimum atomic E-state index is -3.71. The van der Waals surface area contributed by atoms with Gasteiger partial charge < -0.3 is 4.74 Å². The Morgan fingerprint density at radius 3 is 2.22 bits per heavy atom. The molecule has 2 aromatic rings. The van der Waals surface area contributed by atoms with E-state index in [9.17, 15) is 12.8 Å². The molecule has 0 fully saturated rings. The van der Waals surface area contributed by atoms with Gasteiger partial charge in [-0.2, -0.15) is 4.31 Å². The maximum Gasteiger partial charge on any atom is 0.242 e. The lowest BCUT2D eigenvalue weighted by atomic mass is 10.3. The minimum absolute atomic E-state index is 0.0113. The van der Waals surface area contributed by atoms with Crippen molar-refractivity contribution in [2.75, 3.05) is 20.2 Å². The van der Waals surface area contributed by atoms with E-state index in [4.69, 9.17) is 27.9 Å². The molecule has 4 nitrogen and oxygen atoms in total. The molecule has 0 aromatic heterocycles. The lowest BCUT2D eigenvalue weighted by molar-refractivity contribution is 0.287. The number of hydrogen-bond acceptors (Lipinski definition) is 3. The number of hydrogen-bond donors (Lipinski definition) is 0. The molecule has 23 heavy (non-hydrogen) atoms. The summed E-state index contributed by atoms with van der Waals surface area (Å²) in [4.78, 5) is 0.0113. The second-order valence-corrected chi connectivity index (χ2v) is 7.54. The van der Waals surface area contributed by atoms with Crippen molar-refractivity contribution in [3.8, 4) is 5.75 Å². The number of nitrogens with zero attached hydrogens (tertiary/aromatic N) is 1. The van der Waals surface area contributed by atoms with E-state index in [1.165, 1.54) is 19.2 Å². The first-order valence-electron chi connectivity index (χ1n) is 6.61. The Kier molecular flexibility index (Phi) is 5.86. The molecule has 0 heterocycles. The summed E-state index contributed by atoms with van der Waals surface area (Å²) in [6, 6.07) is 9.56. The number of rotatable bonds is 6. The van der Waals surface area contributed by atoms with Gasteiger partial charge in [0.15, 0.2) is 5.75 Å². The normalized spacial score (nSPS) is 11.7. The van der Waals surface area contributed by atoms with E-state index >= 15 is 0 Å². The van der Waals surface area contributed by atoms with Gasteiger partial charge in [0.1, 0.15) is 12.4 Å². The molecule has 124 valence electrons. The zero-order chi connectivity index (χ0) is 17.0. The van der Waals surface area contributed by atoms with E-state index in [2.05, 4.69) is 0 Å². The van der Waals surface area contributed by atoms with Crippen LogP contribution in [0.3, 0.4) is 0 Å². The Morgan fingerprint density at radius 2 is 1.65 bits per heavy atom. The predicted molar refractivity (Wildman–Crippen MR) is 88.2 cm³/mol. The molecular formula is C15H14Cl2FNO3S. The van der Waals surface area contributed by atoms with Gasteiger partial charge in [-0.25, -0.2) is 12.8 Å². The highest BCUT2D eigenvalue weighted by molar-refractivity contribution is 7.89. The van der Waals surface area contributed by atoms with Crippen LogP contribution in [0.4, 0.5) is 4.39 Å². The van der Waals surface area contributed by atoms with Crippen LogP contribution >= 0.6 is 23.2 Å². The van der Waals surface area contributed by atoms with Crippen LogP contribution < -0.4 is 4.74 Å².